The Morgan fingerprint density at radius 3 is 3.00 bits per heavy atom. The molecule has 1 aromatic rings. The standard InChI is InChI=1S/C13H16ClN3O4/c1-2-16(8-10-4-3-5-21-10)13(18)11-6-9(17(19)20)7-15-12(11)14/h6-7,10H,2-5,8H2,1H3. The highest BCUT2D eigenvalue weighted by molar-refractivity contribution is 6.32. The van der Waals surface area contributed by atoms with Crippen LogP contribution in [0.5, 0.6) is 0 Å². The smallest absolute Gasteiger partial charge is 0.288 e. The van der Waals surface area contributed by atoms with Crippen LogP contribution in [0.15, 0.2) is 12.3 Å². The van der Waals surface area contributed by atoms with Gasteiger partial charge >= 0.3 is 0 Å². The monoisotopic (exact) mass is 313 g/mol. The number of carbonyl (C=O) groups is 1. The normalized spacial score (nSPS) is 17.7. The van der Waals surface area contributed by atoms with Gasteiger partial charge in [-0.3, -0.25) is 14.9 Å². The maximum Gasteiger partial charge on any atom is 0.288 e. The number of halogens is 1. The minimum absolute atomic E-state index is 0.0133. The summed E-state index contributed by atoms with van der Waals surface area (Å²) >= 11 is 5.90. The summed E-state index contributed by atoms with van der Waals surface area (Å²) in [7, 11) is 0. The molecule has 1 aliphatic heterocycles. The number of ether oxygens (including phenoxy) is 1. The molecule has 1 aromatic heterocycles. The summed E-state index contributed by atoms with van der Waals surface area (Å²) < 4.78 is 5.51. The molecule has 0 N–H and O–H groups in total. The molecule has 1 atom stereocenters. The van der Waals surface area contributed by atoms with Crippen LogP contribution in [0.25, 0.3) is 0 Å². The molecular formula is C13H16ClN3O4. The Morgan fingerprint density at radius 2 is 2.43 bits per heavy atom. The van der Waals surface area contributed by atoms with E-state index < -0.39 is 4.92 Å². The van der Waals surface area contributed by atoms with E-state index in [9.17, 15) is 14.9 Å². The summed E-state index contributed by atoms with van der Waals surface area (Å²) in [5.41, 5.74) is -0.207. The molecule has 1 amide bonds. The molecule has 1 fully saturated rings. The minimum Gasteiger partial charge on any atom is -0.376 e. The van der Waals surface area contributed by atoms with E-state index in [1.807, 2.05) is 6.92 Å². The molecule has 1 aliphatic rings. The van der Waals surface area contributed by atoms with Crippen LogP contribution < -0.4 is 0 Å². The number of pyridine rings is 1. The largest absolute Gasteiger partial charge is 0.376 e. The Balaban J connectivity index is 2.19. The Hall–Kier alpha value is -1.73. The van der Waals surface area contributed by atoms with Crippen LogP contribution in [-0.2, 0) is 4.74 Å². The molecule has 7 nitrogen and oxygen atoms in total. The lowest BCUT2D eigenvalue weighted by molar-refractivity contribution is -0.385. The molecule has 0 spiro atoms. The van der Waals surface area contributed by atoms with Gasteiger partial charge in [0, 0.05) is 25.8 Å². The third-order valence-corrected chi connectivity index (χ3v) is 3.68. The van der Waals surface area contributed by atoms with E-state index in [4.69, 9.17) is 16.3 Å². The van der Waals surface area contributed by atoms with Gasteiger partial charge in [0.25, 0.3) is 11.6 Å². The first-order valence-electron chi connectivity index (χ1n) is 6.73. The topological polar surface area (TPSA) is 85.6 Å². The van der Waals surface area contributed by atoms with E-state index in [1.165, 1.54) is 0 Å². The number of amides is 1. The second-order valence-corrected chi connectivity index (χ2v) is 5.13. The SMILES string of the molecule is CCN(CC1CCCO1)C(=O)c1cc([N+](=O)[O-])cnc1Cl. The minimum atomic E-state index is -0.601. The summed E-state index contributed by atoms with van der Waals surface area (Å²) in [4.78, 5) is 28.0. The van der Waals surface area contributed by atoms with Crippen molar-refractivity contribution in [1.82, 2.24) is 9.88 Å². The van der Waals surface area contributed by atoms with E-state index >= 15 is 0 Å². The number of rotatable bonds is 5. The molecule has 1 unspecified atom stereocenters. The van der Waals surface area contributed by atoms with E-state index in [0.29, 0.717) is 19.7 Å². The van der Waals surface area contributed by atoms with Crippen molar-refractivity contribution in [3.8, 4) is 0 Å². The number of carbonyl (C=O) groups excluding carboxylic acids is 1. The number of hydrogen-bond donors (Lipinski definition) is 0. The molecule has 0 saturated carbocycles. The van der Waals surface area contributed by atoms with Gasteiger partial charge in [-0.05, 0) is 19.8 Å². The molecule has 114 valence electrons. The van der Waals surface area contributed by atoms with Crippen molar-refractivity contribution < 1.29 is 14.5 Å². The fourth-order valence-corrected chi connectivity index (χ4v) is 2.43. The second kappa shape index (κ2) is 6.82. The van der Waals surface area contributed by atoms with Crippen LogP contribution >= 0.6 is 11.6 Å². The van der Waals surface area contributed by atoms with Gasteiger partial charge in [-0.15, -0.1) is 0 Å². The summed E-state index contributed by atoms with van der Waals surface area (Å²) in [5.74, 6) is -0.366. The van der Waals surface area contributed by atoms with Crippen LogP contribution in [0.4, 0.5) is 5.69 Å². The highest BCUT2D eigenvalue weighted by Crippen LogP contribution is 2.22. The lowest BCUT2D eigenvalue weighted by Gasteiger charge is -2.24. The van der Waals surface area contributed by atoms with E-state index in [1.54, 1.807) is 4.90 Å². The number of nitrogens with zero attached hydrogens (tertiary/aromatic N) is 3. The van der Waals surface area contributed by atoms with E-state index in [-0.39, 0.29) is 28.4 Å². The Bertz CT molecular complexity index is 546. The molecule has 8 heteroatoms. The molecular weight excluding hydrogens is 298 g/mol. The molecule has 0 aliphatic carbocycles. The maximum absolute atomic E-state index is 12.5. The van der Waals surface area contributed by atoms with Crippen LogP contribution in [0.3, 0.4) is 0 Å². The first kappa shape index (κ1) is 15.7. The summed E-state index contributed by atoms with van der Waals surface area (Å²) in [6.07, 6.45) is 2.94. The van der Waals surface area contributed by atoms with Gasteiger partial charge < -0.3 is 9.64 Å². The van der Waals surface area contributed by atoms with Crippen molar-refractivity contribution in [1.29, 1.82) is 0 Å². The van der Waals surface area contributed by atoms with Crippen molar-refractivity contribution in [2.45, 2.75) is 25.9 Å². The Morgan fingerprint density at radius 1 is 1.67 bits per heavy atom. The molecule has 0 bridgehead atoms. The molecule has 21 heavy (non-hydrogen) atoms. The van der Waals surface area contributed by atoms with Gasteiger partial charge in [0.15, 0.2) is 0 Å². The molecule has 2 heterocycles. The van der Waals surface area contributed by atoms with Crippen LogP contribution in [0.1, 0.15) is 30.1 Å². The van der Waals surface area contributed by atoms with Gasteiger partial charge in [-0.1, -0.05) is 11.6 Å². The predicted molar refractivity (Wildman–Crippen MR) is 76.5 cm³/mol. The molecule has 1 saturated heterocycles. The fourth-order valence-electron chi connectivity index (χ4n) is 2.25. The first-order chi connectivity index (χ1) is 10.0. The van der Waals surface area contributed by atoms with Crippen molar-refractivity contribution in [3.63, 3.8) is 0 Å². The summed E-state index contributed by atoms with van der Waals surface area (Å²) in [6, 6.07) is 1.16. The molecule has 2 rings (SSSR count). The fraction of sp³-hybridized carbons (Fsp3) is 0.538. The lowest BCUT2D eigenvalue weighted by Crippen LogP contribution is -2.37. The molecule has 0 radical (unpaired) electrons. The van der Waals surface area contributed by atoms with Gasteiger partial charge in [0.2, 0.25) is 0 Å². The quantitative estimate of drug-likeness (QED) is 0.473. The zero-order valence-electron chi connectivity index (χ0n) is 11.6. The van der Waals surface area contributed by atoms with Gasteiger partial charge in [-0.2, -0.15) is 0 Å². The number of likely N-dealkylation sites (N-methyl/N-ethyl adjacent to an activating group) is 1. The van der Waals surface area contributed by atoms with Crippen LogP contribution in [0.2, 0.25) is 5.15 Å². The van der Waals surface area contributed by atoms with Crippen LogP contribution in [-0.4, -0.2) is 46.5 Å². The van der Waals surface area contributed by atoms with E-state index in [2.05, 4.69) is 4.98 Å². The highest BCUT2D eigenvalue weighted by atomic mass is 35.5. The zero-order valence-corrected chi connectivity index (χ0v) is 12.4. The van der Waals surface area contributed by atoms with Crippen molar-refractivity contribution in [3.05, 3.63) is 33.1 Å². The van der Waals surface area contributed by atoms with Gasteiger partial charge in [0.05, 0.1) is 16.6 Å². The average Bonchev–Trinajstić information content (AvgIpc) is 2.97. The van der Waals surface area contributed by atoms with Crippen LogP contribution in [0, 0.1) is 10.1 Å². The van der Waals surface area contributed by atoms with Crippen molar-refractivity contribution in [2.75, 3.05) is 19.7 Å². The Kier molecular flexibility index (Phi) is 5.08. The first-order valence-corrected chi connectivity index (χ1v) is 7.11. The highest BCUT2D eigenvalue weighted by Gasteiger charge is 2.25. The number of hydrogen-bond acceptors (Lipinski definition) is 5. The predicted octanol–water partition coefficient (Wildman–Crippen LogP) is 2.28. The third kappa shape index (κ3) is 3.68. The maximum atomic E-state index is 12.5. The Labute approximate surface area is 127 Å². The van der Waals surface area contributed by atoms with E-state index in [0.717, 1.165) is 25.1 Å². The third-order valence-electron chi connectivity index (χ3n) is 3.38. The second-order valence-electron chi connectivity index (χ2n) is 4.77. The number of nitro groups is 1. The molecule has 0 aromatic carbocycles. The lowest BCUT2D eigenvalue weighted by atomic mass is 10.2. The summed E-state index contributed by atoms with van der Waals surface area (Å²) in [6.45, 7) is 3.47. The zero-order chi connectivity index (χ0) is 15.4. The number of aromatic nitrogens is 1. The van der Waals surface area contributed by atoms with Gasteiger partial charge in [-0.25, -0.2) is 4.98 Å². The average molecular weight is 314 g/mol. The van der Waals surface area contributed by atoms with Gasteiger partial charge in [0.1, 0.15) is 11.3 Å². The summed E-state index contributed by atoms with van der Waals surface area (Å²) in [5, 5.41) is 10.8. The van der Waals surface area contributed by atoms with Crippen molar-refractivity contribution in [2.24, 2.45) is 0 Å². The van der Waals surface area contributed by atoms with Crippen molar-refractivity contribution >= 4 is 23.2 Å².